The van der Waals surface area contributed by atoms with Crippen molar-refractivity contribution >= 4 is 11.8 Å². The summed E-state index contributed by atoms with van der Waals surface area (Å²) in [6, 6.07) is 41.8. The van der Waals surface area contributed by atoms with Gasteiger partial charge in [0.05, 0.1) is 6.61 Å². The topological polar surface area (TPSA) is 92.2 Å². The van der Waals surface area contributed by atoms with Gasteiger partial charge in [-0.1, -0.05) is 103 Å². The Morgan fingerprint density at radius 2 is 1.46 bits per heavy atom. The van der Waals surface area contributed by atoms with Crippen LogP contribution in [-0.2, 0) is 22.4 Å². The predicted molar refractivity (Wildman–Crippen MR) is 185 cm³/mol. The molecule has 0 aromatic heterocycles. The number of rotatable bonds is 14. The largest absolute Gasteiger partial charge is 0.494 e. The van der Waals surface area contributed by atoms with Gasteiger partial charge in [0.25, 0.3) is 5.91 Å². The monoisotopic (exact) mass is 643 g/mol. The zero-order chi connectivity index (χ0) is 33.2. The number of benzene rings is 5. The number of hydrogen-bond donors (Lipinski definition) is 3. The standard InChI is InChI=1S/C40H38FN3O4/c41-36-15-8-7-14-32(36)24-25-42-44-39(46)40(28-29-10-3-1-4-11-29)37(33-18-16-31(17-19-33)30-12-5-2-6-13-30)48-38(43-40)34-20-22-35(23-21-34)47-27-9-26-45/h1-8,10-23,37,42,45H,9,24-28H2,(H,44,46)/t37-,40-/m0/s1. The summed E-state index contributed by atoms with van der Waals surface area (Å²) in [5.41, 5.74) is 9.62. The SMILES string of the molecule is O=C(NNCCc1ccccc1F)[C@@]1(Cc2ccccc2)N=C(c2ccc(OCCCO)cc2)O[C@H]1c1ccc(-c2ccccc2)cc1. The number of halogens is 1. The van der Waals surface area contributed by atoms with Crippen molar-refractivity contribution in [3.05, 3.63) is 162 Å². The predicted octanol–water partition coefficient (Wildman–Crippen LogP) is 6.62. The molecular weight excluding hydrogens is 605 g/mol. The molecule has 1 aliphatic rings. The molecule has 244 valence electrons. The van der Waals surface area contributed by atoms with E-state index in [0.717, 1.165) is 22.3 Å². The van der Waals surface area contributed by atoms with Gasteiger partial charge in [0.1, 0.15) is 11.6 Å². The lowest BCUT2D eigenvalue weighted by Crippen LogP contribution is -2.54. The maximum absolute atomic E-state index is 14.4. The van der Waals surface area contributed by atoms with Gasteiger partial charge >= 0.3 is 0 Å². The molecule has 8 heteroatoms. The van der Waals surface area contributed by atoms with Crippen molar-refractivity contribution in [1.29, 1.82) is 0 Å². The molecule has 5 aromatic rings. The molecule has 1 heterocycles. The minimum absolute atomic E-state index is 0.0556. The van der Waals surface area contributed by atoms with Crippen LogP contribution in [0.4, 0.5) is 4.39 Å². The Labute approximate surface area is 280 Å². The summed E-state index contributed by atoms with van der Waals surface area (Å²) < 4.78 is 26.6. The minimum Gasteiger partial charge on any atom is -0.494 e. The van der Waals surface area contributed by atoms with E-state index in [4.69, 9.17) is 19.6 Å². The van der Waals surface area contributed by atoms with E-state index >= 15 is 0 Å². The van der Waals surface area contributed by atoms with Crippen LogP contribution in [0.25, 0.3) is 11.1 Å². The average molecular weight is 644 g/mol. The van der Waals surface area contributed by atoms with E-state index in [2.05, 4.69) is 23.0 Å². The summed E-state index contributed by atoms with van der Waals surface area (Å²) in [6.07, 6.45) is 0.437. The molecule has 6 rings (SSSR count). The number of amides is 1. The first-order valence-corrected chi connectivity index (χ1v) is 16.1. The van der Waals surface area contributed by atoms with Crippen LogP contribution in [0.5, 0.6) is 5.75 Å². The highest BCUT2D eigenvalue weighted by Crippen LogP contribution is 2.43. The van der Waals surface area contributed by atoms with Crippen molar-refractivity contribution in [3.63, 3.8) is 0 Å². The van der Waals surface area contributed by atoms with E-state index in [1.54, 1.807) is 18.2 Å². The van der Waals surface area contributed by atoms with Gasteiger partial charge in [0.2, 0.25) is 5.90 Å². The second kappa shape index (κ2) is 15.5. The number of carbonyl (C=O) groups excluding carboxylic acids is 1. The second-order valence-electron chi connectivity index (χ2n) is 11.7. The lowest BCUT2D eigenvalue weighted by atomic mass is 9.82. The highest BCUT2D eigenvalue weighted by Gasteiger charge is 2.53. The lowest BCUT2D eigenvalue weighted by Gasteiger charge is -2.31. The normalized spacial score (nSPS) is 17.0. The van der Waals surface area contributed by atoms with E-state index in [0.29, 0.717) is 48.8 Å². The van der Waals surface area contributed by atoms with Gasteiger partial charge in [-0.05, 0) is 64.6 Å². The molecule has 0 bridgehead atoms. The summed E-state index contributed by atoms with van der Waals surface area (Å²) >= 11 is 0. The van der Waals surface area contributed by atoms with Gasteiger partial charge in [0, 0.05) is 31.6 Å². The Kier molecular flexibility index (Phi) is 10.5. The fourth-order valence-corrected chi connectivity index (χ4v) is 5.82. The number of nitrogens with zero attached hydrogens (tertiary/aromatic N) is 1. The molecule has 1 amide bonds. The van der Waals surface area contributed by atoms with Gasteiger partial charge in [-0.25, -0.2) is 14.8 Å². The van der Waals surface area contributed by atoms with Crippen molar-refractivity contribution in [3.8, 4) is 16.9 Å². The smallest absolute Gasteiger partial charge is 0.266 e. The van der Waals surface area contributed by atoms with Gasteiger partial charge in [-0.2, -0.15) is 0 Å². The molecule has 1 aliphatic heterocycles. The van der Waals surface area contributed by atoms with Crippen LogP contribution in [0.3, 0.4) is 0 Å². The Bertz CT molecular complexity index is 1820. The molecule has 0 saturated carbocycles. The van der Waals surface area contributed by atoms with E-state index in [9.17, 15) is 9.18 Å². The average Bonchev–Trinajstić information content (AvgIpc) is 3.52. The molecule has 0 aliphatic carbocycles. The summed E-state index contributed by atoms with van der Waals surface area (Å²) in [5, 5.41) is 9.09. The summed E-state index contributed by atoms with van der Waals surface area (Å²) in [6.45, 7) is 0.776. The van der Waals surface area contributed by atoms with Gasteiger partial charge in [-0.15, -0.1) is 0 Å². The van der Waals surface area contributed by atoms with Gasteiger partial charge in [0.15, 0.2) is 11.6 Å². The first-order chi connectivity index (χ1) is 23.6. The molecule has 5 aromatic carbocycles. The van der Waals surface area contributed by atoms with Crippen molar-refractivity contribution < 1.29 is 23.8 Å². The number of ether oxygens (including phenoxy) is 2. The van der Waals surface area contributed by atoms with Crippen LogP contribution in [-0.4, -0.2) is 42.2 Å². The van der Waals surface area contributed by atoms with E-state index < -0.39 is 11.6 Å². The lowest BCUT2D eigenvalue weighted by molar-refractivity contribution is -0.130. The highest BCUT2D eigenvalue weighted by molar-refractivity contribution is 6.01. The zero-order valence-corrected chi connectivity index (χ0v) is 26.5. The number of aliphatic imine (C=N–C) groups is 1. The Balaban J connectivity index is 1.33. The minimum atomic E-state index is -1.38. The molecule has 7 nitrogen and oxygen atoms in total. The molecule has 0 fully saturated rings. The van der Waals surface area contributed by atoms with Crippen molar-refractivity contribution in [2.45, 2.75) is 30.9 Å². The second-order valence-corrected chi connectivity index (χ2v) is 11.7. The first kappa shape index (κ1) is 32.6. The quantitative estimate of drug-likeness (QED) is 0.0935. The summed E-state index contributed by atoms with van der Waals surface area (Å²) in [5.74, 6) is 0.349. The maximum Gasteiger partial charge on any atom is 0.266 e. The van der Waals surface area contributed by atoms with Crippen molar-refractivity contribution in [2.24, 2.45) is 4.99 Å². The molecular formula is C40H38FN3O4. The highest BCUT2D eigenvalue weighted by atomic mass is 19.1. The van der Waals surface area contributed by atoms with Crippen LogP contribution in [0.2, 0.25) is 0 Å². The Morgan fingerprint density at radius 3 is 2.17 bits per heavy atom. The Morgan fingerprint density at radius 1 is 0.812 bits per heavy atom. The van der Waals surface area contributed by atoms with Crippen LogP contribution in [0.1, 0.15) is 34.8 Å². The van der Waals surface area contributed by atoms with E-state index in [1.165, 1.54) is 6.07 Å². The molecule has 0 radical (unpaired) electrons. The summed E-state index contributed by atoms with van der Waals surface area (Å²) in [7, 11) is 0. The number of hydrogen-bond acceptors (Lipinski definition) is 6. The molecule has 0 spiro atoms. The van der Waals surface area contributed by atoms with Gasteiger partial charge in [-0.3, -0.25) is 10.2 Å². The fourth-order valence-electron chi connectivity index (χ4n) is 5.82. The Hall–Kier alpha value is -5.31. The third-order valence-corrected chi connectivity index (χ3v) is 8.35. The van der Waals surface area contributed by atoms with Crippen LogP contribution >= 0.6 is 0 Å². The number of aliphatic hydroxyl groups excluding tert-OH is 1. The zero-order valence-electron chi connectivity index (χ0n) is 26.5. The van der Waals surface area contributed by atoms with E-state index in [-0.39, 0.29) is 24.8 Å². The molecule has 3 N–H and O–H groups in total. The molecule has 0 unspecified atom stereocenters. The fraction of sp³-hybridized carbons (Fsp3) is 0.200. The number of aliphatic hydroxyl groups is 1. The van der Waals surface area contributed by atoms with Crippen molar-refractivity contribution in [1.82, 2.24) is 10.9 Å². The third kappa shape index (κ3) is 7.62. The number of nitrogens with one attached hydrogen (secondary N) is 2. The maximum atomic E-state index is 14.4. The third-order valence-electron chi connectivity index (χ3n) is 8.35. The first-order valence-electron chi connectivity index (χ1n) is 16.1. The number of carbonyl (C=O) groups is 1. The van der Waals surface area contributed by atoms with E-state index in [1.807, 2.05) is 97.1 Å². The van der Waals surface area contributed by atoms with Crippen LogP contribution < -0.4 is 15.6 Å². The van der Waals surface area contributed by atoms with Crippen LogP contribution in [0.15, 0.2) is 138 Å². The molecule has 2 atom stereocenters. The van der Waals surface area contributed by atoms with Crippen LogP contribution in [0, 0.1) is 5.82 Å². The van der Waals surface area contributed by atoms with Crippen molar-refractivity contribution in [2.75, 3.05) is 19.8 Å². The number of hydrazine groups is 1. The van der Waals surface area contributed by atoms with Gasteiger partial charge < -0.3 is 14.6 Å². The molecule has 0 saturated heterocycles. The summed E-state index contributed by atoms with van der Waals surface area (Å²) in [4.78, 5) is 19.5. The molecule has 48 heavy (non-hydrogen) atoms.